The zero-order valence-electron chi connectivity index (χ0n) is 11.0. The second kappa shape index (κ2) is 6.71. The molecule has 5 nitrogen and oxygen atoms in total. The molecule has 0 aliphatic rings. The largest absolute Gasteiger partial charge is 0.388 e. The number of thioether (sulfide) groups is 1. The highest BCUT2D eigenvalue weighted by molar-refractivity contribution is 7.99. The lowest BCUT2D eigenvalue weighted by atomic mass is 10.1. The Labute approximate surface area is 119 Å². The van der Waals surface area contributed by atoms with E-state index in [4.69, 9.17) is 0 Å². The Morgan fingerprint density at radius 3 is 2.80 bits per heavy atom. The molecule has 0 fully saturated rings. The van der Waals surface area contributed by atoms with Crippen molar-refractivity contribution in [3.05, 3.63) is 46.1 Å². The highest BCUT2D eigenvalue weighted by Crippen LogP contribution is 2.22. The third-order valence-corrected chi connectivity index (χ3v) is 3.85. The number of benzene rings is 1. The lowest BCUT2D eigenvalue weighted by Crippen LogP contribution is -2.17. The van der Waals surface area contributed by atoms with E-state index < -0.39 is 6.10 Å². The van der Waals surface area contributed by atoms with Gasteiger partial charge in [0.05, 0.1) is 6.10 Å². The van der Waals surface area contributed by atoms with Crippen LogP contribution in [0.1, 0.15) is 25.0 Å². The molecular weight excluding hydrogens is 281 g/mol. The van der Waals surface area contributed by atoms with E-state index in [2.05, 4.69) is 10.2 Å². The summed E-state index contributed by atoms with van der Waals surface area (Å²) >= 11 is 1.29. The van der Waals surface area contributed by atoms with Crippen molar-refractivity contribution in [3.8, 4) is 0 Å². The monoisotopic (exact) mass is 297 g/mol. The molecule has 2 rings (SSSR count). The number of halogens is 1. The van der Waals surface area contributed by atoms with Crippen molar-refractivity contribution in [1.82, 2.24) is 14.8 Å². The van der Waals surface area contributed by atoms with E-state index in [9.17, 15) is 14.3 Å². The van der Waals surface area contributed by atoms with Gasteiger partial charge in [0.15, 0.2) is 5.16 Å². The number of aliphatic hydroxyl groups excluding tert-OH is 1. The molecule has 0 aliphatic heterocycles. The van der Waals surface area contributed by atoms with Crippen molar-refractivity contribution in [2.75, 3.05) is 5.75 Å². The lowest BCUT2D eigenvalue weighted by Gasteiger charge is -2.10. The van der Waals surface area contributed by atoms with Gasteiger partial charge in [-0.25, -0.2) is 14.3 Å². The fourth-order valence-electron chi connectivity index (χ4n) is 1.77. The number of hydrogen-bond acceptors (Lipinski definition) is 4. The summed E-state index contributed by atoms with van der Waals surface area (Å²) in [7, 11) is 0. The average Bonchev–Trinajstić information content (AvgIpc) is 2.79. The summed E-state index contributed by atoms with van der Waals surface area (Å²) in [5.41, 5.74) is 0.393. The van der Waals surface area contributed by atoms with Gasteiger partial charge in [-0.3, -0.25) is 4.57 Å². The van der Waals surface area contributed by atoms with E-state index in [1.165, 1.54) is 23.9 Å². The number of aromatic nitrogens is 3. The number of hydrogen-bond donors (Lipinski definition) is 2. The Morgan fingerprint density at radius 2 is 2.15 bits per heavy atom. The third kappa shape index (κ3) is 3.49. The van der Waals surface area contributed by atoms with Gasteiger partial charge < -0.3 is 5.11 Å². The number of aromatic amines is 1. The summed E-state index contributed by atoms with van der Waals surface area (Å²) in [6.45, 7) is 2.56. The highest BCUT2D eigenvalue weighted by atomic mass is 32.2. The van der Waals surface area contributed by atoms with E-state index in [-0.39, 0.29) is 11.5 Å². The predicted octanol–water partition coefficient (Wildman–Crippen LogP) is 1.95. The SMILES string of the molecule is CCCn1c(SCC(O)c2ccc(F)cc2)n[nH]c1=O. The summed E-state index contributed by atoms with van der Waals surface area (Å²) in [5, 5.41) is 16.9. The zero-order valence-corrected chi connectivity index (χ0v) is 11.9. The molecule has 1 atom stereocenters. The Bertz CT molecular complexity index is 609. The zero-order chi connectivity index (χ0) is 14.5. The first kappa shape index (κ1) is 14.8. The van der Waals surface area contributed by atoms with Gasteiger partial charge in [-0.1, -0.05) is 30.8 Å². The van der Waals surface area contributed by atoms with Gasteiger partial charge in [0.2, 0.25) is 0 Å². The van der Waals surface area contributed by atoms with Crippen LogP contribution in [0.3, 0.4) is 0 Å². The molecule has 20 heavy (non-hydrogen) atoms. The van der Waals surface area contributed by atoms with Crippen molar-refractivity contribution >= 4 is 11.8 Å². The molecule has 2 aromatic rings. The smallest absolute Gasteiger partial charge is 0.343 e. The van der Waals surface area contributed by atoms with Crippen molar-refractivity contribution in [1.29, 1.82) is 0 Å². The standard InChI is InChI=1S/C13H16FN3O2S/c1-2-7-17-12(19)15-16-13(17)20-8-11(18)9-3-5-10(14)6-4-9/h3-6,11,18H,2,7-8H2,1H3,(H,15,19). The van der Waals surface area contributed by atoms with Crippen LogP contribution in [-0.2, 0) is 6.54 Å². The maximum Gasteiger partial charge on any atom is 0.343 e. The molecule has 0 aliphatic carbocycles. The Hall–Kier alpha value is -1.60. The predicted molar refractivity (Wildman–Crippen MR) is 75.2 cm³/mol. The topological polar surface area (TPSA) is 70.9 Å². The van der Waals surface area contributed by atoms with Crippen LogP contribution in [0.15, 0.2) is 34.2 Å². The number of rotatable bonds is 6. The molecule has 1 heterocycles. The molecule has 108 valence electrons. The van der Waals surface area contributed by atoms with Crippen molar-refractivity contribution in [3.63, 3.8) is 0 Å². The minimum atomic E-state index is -0.734. The van der Waals surface area contributed by atoms with Gasteiger partial charge in [-0.2, -0.15) is 0 Å². The lowest BCUT2D eigenvalue weighted by molar-refractivity contribution is 0.204. The quantitative estimate of drug-likeness (QED) is 0.799. The molecule has 1 unspecified atom stereocenters. The van der Waals surface area contributed by atoms with Crippen molar-refractivity contribution in [2.45, 2.75) is 31.1 Å². The van der Waals surface area contributed by atoms with Crippen LogP contribution in [-0.4, -0.2) is 25.6 Å². The minimum Gasteiger partial charge on any atom is -0.388 e. The molecular formula is C13H16FN3O2S. The maximum absolute atomic E-state index is 12.8. The maximum atomic E-state index is 12.8. The number of nitrogens with one attached hydrogen (secondary N) is 1. The van der Waals surface area contributed by atoms with Crippen LogP contribution in [0.25, 0.3) is 0 Å². The van der Waals surface area contributed by atoms with Crippen LogP contribution < -0.4 is 5.69 Å². The number of nitrogens with zero attached hydrogens (tertiary/aromatic N) is 2. The summed E-state index contributed by atoms with van der Waals surface area (Å²) in [6.07, 6.45) is 0.0931. The molecule has 0 saturated carbocycles. The Kier molecular flexibility index (Phi) is 4.97. The van der Waals surface area contributed by atoms with Gasteiger partial charge in [-0.15, -0.1) is 5.10 Å². The molecule has 0 saturated heterocycles. The third-order valence-electron chi connectivity index (χ3n) is 2.80. The fraction of sp³-hybridized carbons (Fsp3) is 0.385. The molecule has 1 aromatic carbocycles. The van der Waals surface area contributed by atoms with Crippen LogP contribution in [0.4, 0.5) is 4.39 Å². The van der Waals surface area contributed by atoms with E-state index >= 15 is 0 Å². The first-order chi connectivity index (χ1) is 9.61. The van der Waals surface area contributed by atoms with Crippen molar-refractivity contribution in [2.24, 2.45) is 0 Å². The Morgan fingerprint density at radius 1 is 1.45 bits per heavy atom. The minimum absolute atomic E-state index is 0.245. The summed E-state index contributed by atoms with van der Waals surface area (Å²) in [6, 6.07) is 5.71. The molecule has 7 heteroatoms. The van der Waals surface area contributed by atoms with E-state index in [0.717, 1.165) is 6.42 Å². The summed E-state index contributed by atoms with van der Waals surface area (Å²) in [5.74, 6) is 0.0114. The molecule has 0 radical (unpaired) electrons. The fourth-order valence-corrected chi connectivity index (χ4v) is 2.71. The van der Waals surface area contributed by atoms with E-state index in [1.54, 1.807) is 16.7 Å². The average molecular weight is 297 g/mol. The summed E-state index contributed by atoms with van der Waals surface area (Å²) in [4.78, 5) is 11.5. The first-order valence-corrected chi connectivity index (χ1v) is 7.32. The second-order valence-electron chi connectivity index (χ2n) is 4.34. The first-order valence-electron chi connectivity index (χ1n) is 6.33. The van der Waals surface area contributed by atoms with Gasteiger partial charge >= 0.3 is 5.69 Å². The van der Waals surface area contributed by atoms with Gasteiger partial charge in [-0.05, 0) is 24.1 Å². The van der Waals surface area contributed by atoms with Crippen LogP contribution in [0.5, 0.6) is 0 Å². The van der Waals surface area contributed by atoms with E-state index in [1.807, 2.05) is 6.92 Å². The number of aliphatic hydroxyl groups is 1. The van der Waals surface area contributed by atoms with Crippen LogP contribution in [0.2, 0.25) is 0 Å². The molecule has 1 aromatic heterocycles. The van der Waals surface area contributed by atoms with Crippen LogP contribution in [0, 0.1) is 5.82 Å². The Balaban J connectivity index is 2.01. The van der Waals surface area contributed by atoms with Gasteiger partial charge in [0, 0.05) is 12.3 Å². The normalized spacial score (nSPS) is 12.6. The molecule has 0 amide bonds. The molecule has 2 N–H and O–H groups in total. The molecule has 0 spiro atoms. The van der Waals surface area contributed by atoms with Gasteiger partial charge in [0.25, 0.3) is 0 Å². The molecule has 0 bridgehead atoms. The number of H-pyrrole nitrogens is 1. The highest BCUT2D eigenvalue weighted by Gasteiger charge is 2.13. The summed E-state index contributed by atoms with van der Waals surface area (Å²) < 4.78 is 14.3. The second-order valence-corrected chi connectivity index (χ2v) is 5.33. The van der Waals surface area contributed by atoms with Gasteiger partial charge in [0.1, 0.15) is 5.82 Å². The van der Waals surface area contributed by atoms with Crippen LogP contribution >= 0.6 is 11.8 Å². The van der Waals surface area contributed by atoms with E-state index in [0.29, 0.717) is 23.0 Å². The van der Waals surface area contributed by atoms with Crippen molar-refractivity contribution < 1.29 is 9.50 Å².